The van der Waals surface area contributed by atoms with Crippen molar-refractivity contribution in [2.45, 2.75) is 37.0 Å². The molecule has 3 aromatic heterocycles. The van der Waals surface area contributed by atoms with Crippen LogP contribution in [0.5, 0.6) is 0 Å². The van der Waals surface area contributed by atoms with Crippen LogP contribution in [0.25, 0.3) is 5.65 Å². The van der Waals surface area contributed by atoms with E-state index in [4.69, 9.17) is 0 Å². The number of nitrogens with zero attached hydrogens (tertiary/aromatic N) is 7. The number of imidazole rings is 1. The topological polar surface area (TPSA) is 118 Å². The van der Waals surface area contributed by atoms with Crippen LogP contribution in [0.15, 0.2) is 48.0 Å². The predicted molar refractivity (Wildman–Crippen MR) is 129 cm³/mol. The predicted octanol–water partition coefficient (Wildman–Crippen LogP) is 3.15. The summed E-state index contributed by atoms with van der Waals surface area (Å²) in [5.41, 5.74) is 2.64. The molecule has 0 spiro atoms. The molecule has 4 heterocycles. The number of nitrogens with one attached hydrogen (secondary N) is 1. The summed E-state index contributed by atoms with van der Waals surface area (Å²) in [6, 6.07) is 3.71. The first-order valence-electron chi connectivity index (χ1n) is 11.3. The van der Waals surface area contributed by atoms with Crippen molar-refractivity contribution in [1.29, 1.82) is 0 Å². The second-order valence-corrected chi connectivity index (χ2v) is 10.6. The monoisotopic (exact) mass is 496 g/mol. The van der Waals surface area contributed by atoms with Gasteiger partial charge < -0.3 is 10.2 Å². The summed E-state index contributed by atoms with van der Waals surface area (Å²) in [4.78, 5) is 19.8. The van der Waals surface area contributed by atoms with E-state index < -0.39 is 15.7 Å². The smallest absolute Gasteiger partial charge is 0.225 e. The van der Waals surface area contributed by atoms with Crippen LogP contribution < -0.4 is 10.2 Å². The molecular weight excluding hydrogens is 471 g/mol. The summed E-state index contributed by atoms with van der Waals surface area (Å²) < 4.78 is 39.7. The maximum absolute atomic E-state index is 14.6. The molecule has 1 fully saturated rings. The average molecular weight is 497 g/mol. The molecule has 0 bridgehead atoms. The van der Waals surface area contributed by atoms with Gasteiger partial charge in [0.15, 0.2) is 21.3 Å². The Bertz CT molecular complexity index is 1460. The lowest BCUT2D eigenvalue weighted by Gasteiger charge is -2.31. The van der Waals surface area contributed by atoms with Crippen molar-refractivity contribution >= 4 is 32.9 Å². The van der Waals surface area contributed by atoms with E-state index in [0.717, 1.165) is 61.9 Å². The zero-order valence-corrected chi connectivity index (χ0v) is 20.2. The molecule has 0 aliphatic carbocycles. The van der Waals surface area contributed by atoms with E-state index >= 15 is 0 Å². The Morgan fingerprint density at radius 1 is 1.09 bits per heavy atom. The Morgan fingerprint density at radius 3 is 2.49 bits per heavy atom. The maximum atomic E-state index is 14.6. The van der Waals surface area contributed by atoms with Gasteiger partial charge in [-0.15, -0.1) is 0 Å². The second-order valence-electron chi connectivity index (χ2n) is 8.57. The molecule has 0 radical (unpaired) electrons. The first-order valence-corrected chi connectivity index (χ1v) is 13.2. The zero-order valence-electron chi connectivity index (χ0n) is 19.4. The van der Waals surface area contributed by atoms with E-state index in [0.29, 0.717) is 11.5 Å². The second kappa shape index (κ2) is 9.17. The van der Waals surface area contributed by atoms with Crippen molar-refractivity contribution in [3.8, 4) is 0 Å². The Balaban J connectivity index is 1.34. The van der Waals surface area contributed by atoms with Crippen LogP contribution in [0.3, 0.4) is 0 Å². The molecule has 1 aliphatic heterocycles. The third kappa shape index (κ3) is 4.65. The maximum Gasteiger partial charge on any atom is 0.225 e. The summed E-state index contributed by atoms with van der Waals surface area (Å²) in [6.45, 7) is 3.71. The fourth-order valence-corrected chi connectivity index (χ4v) is 4.86. The summed E-state index contributed by atoms with van der Waals surface area (Å²) in [7, 11) is -3.50. The lowest BCUT2D eigenvalue weighted by molar-refractivity contribution is 0.483. The number of benzene rings is 1. The molecule has 182 valence electrons. The van der Waals surface area contributed by atoms with E-state index in [1.54, 1.807) is 10.7 Å². The van der Waals surface area contributed by atoms with Gasteiger partial charge >= 0.3 is 0 Å². The zero-order chi connectivity index (χ0) is 24.6. The largest absolute Gasteiger partial charge is 0.341 e. The molecule has 1 aromatic carbocycles. The quantitative estimate of drug-likeness (QED) is 0.429. The SMILES string of the molecule is CCc1cnc(N2CCC(c3cnc4c(Nc5ccc(S(C)(=O)=O)cc5F)ncnn34)CC2)nc1. The molecule has 0 amide bonds. The number of rotatable bonds is 6. The molecule has 0 unspecified atom stereocenters. The molecule has 12 heteroatoms. The molecule has 4 aromatic rings. The van der Waals surface area contributed by atoms with Crippen molar-refractivity contribution < 1.29 is 12.8 Å². The molecule has 0 atom stereocenters. The van der Waals surface area contributed by atoms with Crippen LogP contribution in [0.2, 0.25) is 0 Å². The molecule has 1 saturated heterocycles. The summed E-state index contributed by atoms with van der Waals surface area (Å²) >= 11 is 0. The highest BCUT2D eigenvalue weighted by Crippen LogP contribution is 2.31. The van der Waals surface area contributed by atoms with Crippen molar-refractivity contribution in [1.82, 2.24) is 29.5 Å². The number of hydrogen-bond acceptors (Lipinski definition) is 9. The molecule has 10 nitrogen and oxygen atoms in total. The average Bonchev–Trinajstić information content (AvgIpc) is 3.30. The van der Waals surface area contributed by atoms with Gasteiger partial charge in [0.1, 0.15) is 12.1 Å². The van der Waals surface area contributed by atoms with Gasteiger partial charge in [-0.2, -0.15) is 5.10 Å². The number of fused-ring (bicyclic) bond motifs is 1. The van der Waals surface area contributed by atoms with Gasteiger partial charge in [-0.05, 0) is 43.0 Å². The van der Waals surface area contributed by atoms with Crippen LogP contribution >= 0.6 is 0 Å². The highest BCUT2D eigenvalue weighted by atomic mass is 32.2. The third-order valence-electron chi connectivity index (χ3n) is 6.25. The highest BCUT2D eigenvalue weighted by Gasteiger charge is 2.26. The third-order valence-corrected chi connectivity index (χ3v) is 7.36. The summed E-state index contributed by atoms with van der Waals surface area (Å²) in [5.74, 6) is 0.623. The van der Waals surface area contributed by atoms with Crippen LogP contribution in [-0.2, 0) is 16.3 Å². The standard InChI is InChI=1S/C23H25FN8O2S/c1-3-15-11-26-23(27-12-15)31-8-6-16(7-9-31)20-13-25-22-21(28-14-29-32(20)22)30-19-5-4-17(10-18(19)24)35(2,33)34/h4-5,10-14,16H,3,6-9H2,1-2H3,(H,28,29,30). The van der Waals surface area contributed by atoms with Gasteiger partial charge in [-0.3, -0.25) is 0 Å². The van der Waals surface area contributed by atoms with E-state index in [2.05, 4.69) is 42.2 Å². The molecule has 35 heavy (non-hydrogen) atoms. The van der Waals surface area contributed by atoms with E-state index in [1.165, 1.54) is 18.5 Å². The highest BCUT2D eigenvalue weighted by molar-refractivity contribution is 7.90. The number of anilines is 3. The number of piperidine rings is 1. The number of halogens is 1. The van der Waals surface area contributed by atoms with Crippen molar-refractivity contribution in [3.63, 3.8) is 0 Å². The van der Waals surface area contributed by atoms with Crippen LogP contribution in [0, 0.1) is 5.82 Å². The van der Waals surface area contributed by atoms with Gasteiger partial charge in [0, 0.05) is 37.7 Å². The minimum Gasteiger partial charge on any atom is -0.341 e. The Hall–Kier alpha value is -3.67. The van der Waals surface area contributed by atoms with E-state index in [-0.39, 0.29) is 16.5 Å². The normalized spacial score (nSPS) is 15.0. The van der Waals surface area contributed by atoms with Crippen LogP contribution in [0.4, 0.5) is 21.8 Å². The van der Waals surface area contributed by atoms with E-state index in [1.807, 2.05) is 12.4 Å². The van der Waals surface area contributed by atoms with Crippen LogP contribution in [0.1, 0.15) is 36.9 Å². The van der Waals surface area contributed by atoms with Gasteiger partial charge in [-0.1, -0.05) is 6.92 Å². The Morgan fingerprint density at radius 2 is 1.83 bits per heavy atom. The van der Waals surface area contributed by atoms with Crippen molar-refractivity contribution in [2.24, 2.45) is 0 Å². The van der Waals surface area contributed by atoms with Gasteiger partial charge in [0.05, 0.1) is 22.5 Å². The fourth-order valence-electron chi connectivity index (χ4n) is 4.23. The van der Waals surface area contributed by atoms with Crippen LogP contribution in [-0.4, -0.2) is 57.3 Å². The van der Waals surface area contributed by atoms with Crippen molar-refractivity contribution in [2.75, 3.05) is 29.6 Å². The molecule has 5 rings (SSSR count). The first-order chi connectivity index (χ1) is 16.8. The number of hydrogen-bond donors (Lipinski definition) is 1. The Labute approximate surface area is 202 Å². The molecular formula is C23H25FN8O2S. The summed E-state index contributed by atoms with van der Waals surface area (Å²) in [5, 5.41) is 7.29. The van der Waals surface area contributed by atoms with Gasteiger partial charge in [-0.25, -0.2) is 37.3 Å². The lowest BCUT2D eigenvalue weighted by Crippen LogP contribution is -2.34. The molecule has 1 N–H and O–H groups in total. The minimum atomic E-state index is -3.50. The van der Waals surface area contributed by atoms with E-state index in [9.17, 15) is 12.8 Å². The number of sulfone groups is 1. The Kier molecular flexibility index (Phi) is 6.05. The molecule has 1 aliphatic rings. The van der Waals surface area contributed by atoms with Gasteiger partial charge in [0.25, 0.3) is 0 Å². The first kappa shape index (κ1) is 23.1. The lowest BCUT2D eigenvalue weighted by atomic mass is 9.94. The van der Waals surface area contributed by atoms with Crippen molar-refractivity contribution in [3.05, 3.63) is 60.2 Å². The molecule has 0 saturated carbocycles. The fraction of sp³-hybridized carbons (Fsp3) is 0.348. The van der Waals surface area contributed by atoms with Gasteiger partial charge in [0.2, 0.25) is 5.95 Å². The minimum absolute atomic E-state index is 0.0884. The number of aromatic nitrogens is 6. The number of aryl methyl sites for hydroxylation is 1. The summed E-state index contributed by atoms with van der Waals surface area (Å²) in [6.07, 6.45) is 10.7.